The molecule has 0 radical (unpaired) electrons. The first-order valence-electron chi connectivity index (χ1n) is 6.61. The maximum Gasteiger partial charge on any atom is 0.250 e. The Morgan fingerprint density at radius 1 is 1.38 bits per heavy atom. The average Bonchev–Trinajstić information content (AvgIpc) is 2.82. The maximum absolute atomic E-state index is 12.4. The summed E-state index contributed by atoms with van der Waals surface area (Å²) < 4.78 is 27.9. The van der Waals surface area contributed by atoms with Gasteiger partial charge in [0.1, 0.15) is 4.21 Å². The van der Waals surface area contributed by atoms with E-state index in [2.05, 4.69) is 15.0 Å². The van der Waals surface area contributed by atoms with E-state index in [-0.39, 0.29) is 6.04 Å². The monoisotopic (exact) mass is 325 g/mol. The predicted octanol–water partition coefficient (Wildman–Crippen LogP) is 2.21. The van der Waals surface area contributed by atoms with Crippen molar-refractivity contribution in [1.82, 2.24) is 15.0 Å². The third kappa shape index (κ3) is 3.88. The van der Waals surface area contributed by atoms with Gasteiger partial charge in [0.25, 0.3) is 10.0 Å². The molecule has 21 heavy (non-hydrogen) atoms. The fraction of sp³-hybridized carbons (Fsp3) is 0.357. The standard InChI is InChI=1S/C14H19N3O2S2/c1-10-8-14(20-13(10)9-15-3)21(18,19)17-11(2)12-6-4-5-7-16-12/h4-8,11,15,17H,9H2,1-3H3. The summed E-state index contributed by atoms with van der Waals surface area (Å²) in [7, 11) is -1.68. The predicted molar refractivity (Wildman–Crippen MR) is 84.8 cm³/mol. The van der Waals surface area contributed by atoms with Crippen LogP contribution in [0, 0.1) is 6.92 Å². The molecule has 0 aliphatic carbocycles. The summed E-state index contributed by atoms with van der Waals surface area (Å²) >= 11 is 1.29. The van der Waals surface area contributed by atoms with Crippen LogP contribution in [0.15, 0.2) is 34.7 Å². The fourth-order valence-corrected chi connectivity index (χ4v) is 4.77. The van der Waals surface area contributed by atoms with Gasteiger partial charge in [-0.2, -0.15) is 0 Å². The molecule has 0 saturated carbocycles. The van der Waals surface area contributed by atoms with Crippen molar-refractivity contribution in [1.29, 1.82) is 0 Å². The first kappa shape index (κ1) is 16.1. The number of hydrogen-bond donors (Lipinski definition) is 2. The molecule has 2 heterocycles. The van der Waals surface area contributed by atoms with Gasteiger partial charge >= 0.3 is 0 Å². The molecule has 1 atom stereocenters. The molecule has 0 aliphatic heterocycles. The van der Waals surface area contributed by atoms with E-state index in [1.165, 1.54) is 11.3 Å². The van der Waals surface area contributed by atoms with E-state index in [1.807, 2.05) is 20.0 Å². The zero-order valence-corrected chi connectivity index (χ0v) is 13.9. The minimum Gasteiger partial charge on any atom is -0.315 e. The first-order chi connectivity index (χ1) is 9.94. The van der Waals surface area contributed by atoms with E-state index in [4.69, 9.17) is 0 Å². The minimum atomic E-state index is -3.53. The second-order valence-electron chi connectivity index (χ2n) is 4.80. The van der Waals surface area contributed by atoms with Crippen LogP contribution in [0.2, 0.25) is 0 Å². The molecule has 7 heteroatoms. The van der Waals surface area contributed by atoms with Crippen LogP contribution < -0.4 is 10.0 Å². The van der Waals surface area contributed by atoms with Crippen LogP contribution in [0.5, 0.6) is 0 Å². The number of thiophene rings is 1. The number of hydrogen-bond acceptors (Lipinski definition) is 5. The van der Waals surface area contributed by atoms with Crippen molar-refractivity contribution in [3.63, 3.8) is 0 Å². The van der Waals surface area contributed by atoms with E-state index < -0.39 is 10.0 Å². The van der Waals surface area contributed by atoms with Crippen molar-refractivity contribution in [2.45, 2.75) is 30.6 Å². The Hall–Kier alpha value is -1.28. The molecule has 114 valence electrons. The lowest BCUT2D eigenvalue weighted by atomic mass is 10.2. The molecule has 2 rings (SSSR count). The Kier molecular flexibility index (Phi) is 5.10. The summed E-state index contributed by atoms with van der Waals surface area (Å²) in [6.45, 7) is 4.38. The molecule has 0 aromatic carbocycles. The zero-order chi connectivity index (χ0) is 15.5. The third-order valence-electron chi connectivity index (χ3n) is 3.06. The molecule has 5 nitrogen and oxygen atoms in total. The quantitative estimate of drug-likeness (QED) is 0.854. The number of nitrogens with one attached hydrogen (secondary N) is 2. The van der Waals surface area contributed by atoms with E-state index >= 15 is 0 Å². The van der Waals surface area contributed by atoms with E-state index in [1.54, 1.807) is 31.3 Å². The molecule has 2 N–H and O–H groups in total. The van der Waals surface area contributed by atoms with Gasteiger partial charge in [-0.05, 0) is 44.7 Å². The number of sulfonamides is 1. The lowest BCUT2D eigenvalue weighted by Gasteiger charge is -2.12. The van der Waals surface area contributed by atoms with Gasteiger partial charge in [-0.25, -0.2) is 13.1 Å². The Morgan fingerprint density at radius 3 is 2.76 bits per heavy atom. The number of aryl methyl sites for hydroxylation is 1. The highest BCUT2D eigenvalue weighted by Crippen LogP contribution is 2.27. The van der Waals surface area contributed by atoms with Gasteiger partial charge in [-0.3, -0.25) is 4.98 Å². The van der Waals surface area contributed by atoms with E-state index in [0.29, 0.717) is 16.4 Å². The van der Waals surface area contributed by atoms with Crippen LogP contribution in [0.3, 0.4) is 0 Å². The average molecular weight is 325 g/mol. The highest BCUT2D eigenvalue weighted by Gasteiger charge is 2.22. The highest BCUT2D eigenvalue weighted by molar-refractivity contribution is 7.91. The SMILES string of the molecule is CNCc1sc(S(=O)(=O)NC(C)c2ccccn2)cc1C. The van der Waals surface area contributed by atoms with Gasteiger partial charge in [-0.1, -0.05) is 6.07 Å². The lowest BCUT2D eigenvalue weighted by molar-refractivity contribution is 0.566. The number of rotatable bonds is 6. The van der Waals surface area contributed by atoms with Crippen LogP contribution in [-0.4, -0.2) is 20.4 Å². The Labute approximate surface area is 129 Å². The molecule has 2 aromatic rings. The summed E-state index contributed by atoms with van der Waals surface area (Å²) in [5.74, 6) is 0. The van der Waals surface area contributed by atoms with Gasteiger partial charge in [-0.15, -0.1) is 11.3 Å². The summed E-state index contributed by atoms with van der Waals surface area (Å²) in [6, 6.07) is 6.79. The summed E-state index contributed by atoms with van der Waals surface area (Å²) in [5, 5.41) is 3.04. The van der Waals surface area contributed by atoms with Crippen molar-refractivity contribution < 1.29 is 8.42 Å². The van der Waals surface area contributed by atoms with Crippen LogP contribution in [0.1, 0.15) is 29.1 Å². The van der Waals surface area contributed by atoms with Crippen LogP contribution >= 0.6 is 11.3 Å². The number of aromatic nitrogens is 1. The van der Waals surface area contributed by atoms with Gasteiger partial charge in [0.2, 0.25) is 0 Å². The lowest BCUT2D eigenvalue weighted by Crippen LogP contribution is -2.26. The van der Waals surface area contributed by atoms with Crippen molar-refractivity contribution in [2.75, 3.05) is 7.05 Å². The molecular weight excluding hydrogens is 306 g/mol. The molecule has 0 amide bonds. The van der Waals surface area contributed by atoms with Crippen LogP contribution in [0.4, 0.5) is 0 Å². The van der Waals surface area contributed by atoms with Crippen molar-refractivity contribution >= 4 is 21.4 Å². The number of pyridine rings is 1. The molecule has 0 spiro atoms. The smallest absolute Gasteiger partial charge is 0.250 e. The van der Waals surface area contributed by atoms with Gasteiger partial charge in [0.05, 0.1) is 11.7 Å². The summed E-state index contributed by atoms with van der Waals surface area (Å²) in [6.07, 6.45) is 1.65. The summed E-state index contributed by atoms with van der Waals surface area (Å²) in [5.41, 5.74) is 1.69. The molecule has 0 fully saturated rings. The molecule has 0 saturated heterocycles. The van der Waals surface area contributed by atoms with Crippen LogP contribution in [-0.2, 0) is 16.6 Å². The number of nitrogens with zero attached hydrogens (tertiary/aromatic N) is 1. The normalized spacial score (nSPS) is 13.3. The van der Waals surface area contributed by atoms with Crippen molar-refractivity contribution in [3.05, 3.63) is 46.6 Å². The first-order valence-corrected chi connectivity index (χ1v) is 8.91. The topological polar surface area (TPSA) is 71.1 Å². The van der Waals surface area contributed by atoms with Gasteiger partial charge < -0.3 is 5.32 Å². The Balaban J connectivity index is 2.20. The van der Waals surface area contributed by atoms with Crippen LogP contribution in [0.25, 0.3) is 0 Å². The molecular formula is C14H19N3O2S2. The summed E-state index contributed by atoms with van der Waals surface area (Å²) in [4.78, 5) is 5.21. The zero-order valence-electron chi connectivity index (χ0n) is 12.3. The Bertz CT molecular complexity index is 696. The Morgan fingerprint density at radius 2 is 2.14 bits per heavy atom. The van der Waals surface area contributed by atoms with Crippen molar-refractivity contribution in [2.24, 2.45) is 0 Å². The van der Waals surface area contributed by atoms with E-state index in [9.17, 15) is 8.42 Å². The van der Waals surface area contributed by atoms with Crippen molar-refractivity contribution in [3.8, 4) is 0 Å². The maximum atomic E-state index is 12.4. The molecule has 2 aromatic heterocycles. The van der Waals surface area contributed by atoms with Gasteiger partial charge in [0.15, 0.2) is 0 Å². The largest absolute Gasteiger partial charge is 0.315 e. The molecule has 0 aliphatic rings. The highest BCUT2D eigenvalue weighted by atomic mass is 32.2. The fourth-order valence-electron chi connectivity index (χ4n) is 1.94. The molecule has 0 bridgehead atoms. The van der Waals surface area contributed by atoms with Gasteiger partial charge in [0, 0.05) is 17.6 Å². The second kappa shape index (κ2) is 6.65. The minimum absolute atomic E-state index is 0.341. The third-order valence-corrected chi connectivity index (χ3v) is 6.31. The second-order valence-corrected chi connectivity index (χ2v) is 7.88. The van der Waals surface area contributed by atoms with E-state index in [0.717, 1.165) is 10.4 Å². The molecule has 1 unspecified atom stereocenters.